The Kier molecular flexibility index (Phi) is 5.93. The van der Waals surface area contributed by atoms with E-state index >= 15 is 0 Å². The molecule has 0 saturated carbocycles. The fraction of sp³-hybridized carbons (Fsp3) is 0.211. The molecule has 6 heteroatoms. The highest BCUT2D eigenvalue weighted by Crippen LogP contribution is 2.22. The van der Waals surface area contributed by atoms with E-state index in [-0.39, 0.29) is 5.69 Å². The number of quaternary nitrogens is 1. The third-order valence-electron chi connectivity index (χ3n) is 3.75. The maximum Gasteiger partial charge on any atom is 0.342 e. The fourth-order valence-electron chi connectivity index (χ4n) is 2.38. The first-order valence-corrected chi connectivity index (χ1v) is 7.71. The maximum absolute atomic E-state index is 11.9. The number of hydrogen-bond donors (Lipinski definition) is 2. The Hall–Kier alpha value is -2.67. The first kappa shape index (κ1) is 18.7. The number of nitrogens with one attached hydrogen (secondary N) is 1. The van der Waals surface area contributed by atoms with Gasteiger partial charge in [0.05, 0.1) is 12.7 Å². The molecule has 0 aliphatic rings. The van der Waals surface area contributed by atoms with Crippen molar-refractivity contribution in [2.24, 2.45) is 0 Å². The molecule has 1 heterocycles. The lowest BCUT2D eigenvalue weighted by Crippen LogP contribution is -2.99. The second kappa shape index (κ2) is 7.94. The van der Waals surface area contributed by atoms with Gasteiger partial charge in [0, 0.05) is 18.2 Å². The van der Waals surface area contributed by atoms with E-state index < -0.39 is 10.9 Å². The highest BCUT2D eigenvalue weighted by atomic mass is 16.8. The van der Waals surface area contributed by atoms with E-state index in [9.17, 15) is 10.0 Å². The topological polar surface area (TPSA) is 87.2 Å². The van der Waals surface area contributed by atoms with Crippen molar-refractivity contribution in [1.82, 2.24) is 0 Å². The van der Waals surface area contributed by atoms with Crippen molar-refractivity contribution >= 4 is 17.3 Å². The molecule has 0 saturated heterocycles. The molecular weight excluding hydrogens is 322 g/mol. The molecule has 25 heavy (non-hydrogen) atoms. The highest BCUT2D eigenvalue weighted by molar-refractivity contribution is 5.67. The third-order valence-corrected chi connectivity index (χ3v) is 3.75. The summed E-state index contributed by atoms with van der Waals surface area (Å²) in [6.45, 7) is 5.41. The molecule has 1 atom stereocenters. The molecule has 2 aromatic rings. The summed E-state index contributed by atoms with van der Waals surface area (Å²) in [5.41, 5.74) is 2.86. The first-order chi connectivity index (χ1) is 11.8. The summed E-state index contributed by atoms with van der Waals surface area (Å²) in [7, 11) is 1.51. The minimum Gasteiger partial charge on any atom is -0.595 e. The van der Waals surface area contributed by atoms with Gasteiger partial charge in [-0.15, -0.1) is 0 Å². The van der Waals surface area contributed by atoms with Gasteiger partial charge in [0.15, 0.2) is 5.69 Å². The van der Waals surface area contributed by atoms with Crippen molar-refractivity contribution in [3.8, 4) is 5.75 Å². The zero-order valence-corrected chi connectivity index (χ0v) is 14.6. The van der Waals surface area contributed by atoms with E-state index in [0.29, 0.717) is 17.1 Å². The van der Waals surface area contributed by atoms with Crippen LogP contribution in [0.2, 0.25) is 0 Å². The average molecular weight is 343 g/mol. The molecule has 1 aromatic carbocycles. The van der Waals surface area contributed by atoms with Gasteiger partial charge in [-0.2, -0.15) is 5.23 Å². The van der Waals surface area contributed by atoms with Crippen LogP contribution >= 0.6 is 0 Å². The van der Waals surface area contributed by atoms with E-state index in [0.717, 1.165) is 16.7 Å². The molecule has 0 fully saturated rings. The minimum absolute atomic E-state index is 0.245. The first-order valence-electron chi connectivity index (χ1n) is 7.71. The quantitative estimate of drug-likeness (QED) is 0.644. The SMILES string of the molecule is COc1cc(C(C)=CC(C)=Cc2ccc([NH+]([O-])O)cc2)oc(=O)c1C. The number of benzene rings is 1. The molecule has 0 aliphatic carbocycles. The van der Waals surface area contributed by atoms with E-state index in [1.165, 1.54) is 7.11 Å². The van der Waals surface area contributed by atoms with Crippen LogP contribution in [-0.2, 0) is 0 Å². The standard InChI is InChI=1S/C19H21NO5/c1-12(10-15-5-7-16(8-6-15)20(22)23)9-13(2)17-11-18(24-4)14(3)19(21)25-17/h5-11,20,22H,1-4H3. The zero-order valence-electron chi connectivity index (χ0n) is 14.6. The van der Waals surface area contributed by atoms with Gasteiger partial charge in [0.1, 0.15) is 11.5 Å². The molecule has 1 unspecified atom stereocenters. The number of hydrogen-bond acceptors (Lipinski definition) is 5. The van der Waals surface area contributed by atoms with Crippen LogP contribution < -0.4 is 15.6 Å². The average Bonchev–Trinajstić information content (AvgIpc) is 2.57. The second-order valence-electron chi connectivity index (χ2n) is 5.73. The van der Waals surface area contributed by atoms with Gasteiger partial charge in [-0.3, -0.25) is 0 Å². The Morgan fingerprint density at radius 3 is 2.48 bits per heavy atom. The van der Waals surface area contributed by atoms with E-state index in [4.69, 9.17) is 14.4 Å². The van der Waals surface area contributed by atoms with Gasteiger partial charge in [-0.1, -0.05) is 17.7 Å². The van der Waals surface area contributed by atoms with Crippen molar-refractivity contribution in [2.75, 3.05) is 7.11 Å². The van der Waals surface area contributed by atoms with Gasteiger partial charge in [-0.05, 0) is 44.0 Å². The molecule has 0 aliphatic heterocycles. The predicted octanol–water partition coefficient (Wildman–Crippen LogP) is 2.87. The van der Waals surface area contributed by atoms with Gasteiger partial charge in [0.2, 0.25) is 0 Å². The summed E-state index contributed by atoms with van der Waals surface area (Å²) in [6.07, 6.45) is 3.80. The largest absolute Gasteiger partial charge is 0.595 e. The zero-order chi connectivity index (χ0) is 18.6. The summed E-state index contributed by atoms with van der Waals surface area (Å²) in [4.78, 5) is 11.9. The van der Waals surface area contributed by atoms with Crippen molar-refractivity contribution in [3.05, 3.63) is 74.5 Å². The van der Waals surface area contributed by atoms with Crippen LogP contribution in [0.4, 0.5) is 5.69 Å². The molecule has 132 valence electrons. The van der Waals surface area contributed by atoms with Crippen molar-refractivity contribution in [3.63, 3.8) is 0 Å². The van der Waals surface area contributed by atoms with Gasteiger partial charge in [-0.25, -0.2) is 10.0 Å². The van der Waals surface area contributed by atoms with Crippen molar-refractivity contribution in [1.29, 1.82) is 0 Å². The molecular formula is C19H21NO5. The lowest BCUT2D eigenvalue weighted by atomic mass is 10.1. The molecule has 6 nitrogen and oxygen atoms in total. The predicted molar refractivity (Wildman–Crippen MR) is 95.8 cm³/mol. The molecule has 0 amide bonds. The minimum atomic E-state index is -0.952. The molecule has 0 spiro atoms. The smallest absolute Gasteiger partial charge is 0.342 e. The summed E-state index contributed by atoms with van der Waals surface area (Å²) in [6, 6.07) is 8.29. The molecule has 1 aromatic heterocycles. The van der Waals surface area contributed by atoms with E-state index in [2.05, 4.69) is 0 Å². The van der Waals surface area contributed by atoms with Gasteiger partial charge >= 0.3 is 5.63 Å². The molecule has 0 bridgehead atoms. The summed E-state index contributed by atoms with van der Waals surface area (Å²) in [5, 5.41) is 18.8. The van der Waals surface area contributed by atoms with Crippen LogP contribution in [0.3, 0.4) is 0 Å². The number of allylic oxidation sites excluding steroid dienone is 3. The summed E-state index contributed by atoms with van der Waals surface area (Å²) < 4.78 is 10.5. The Balaban J connectivity index is 2.29. The van der Waals surface area contributed by atoms with Crippen LogP contribution in [0.25, 0.3) is 11.6 Å². The third kappa shape index (κ3) is 4.67. The Bertz CT molecular complexity index is 860. The highest BCUT2D eigenvalue weighted by Gasteiger charge is 2.09. The van der Waals surface area contributed by atoms with Gasteiger partial charge < -0.3 is 14.4 Å². The second-order valence-corrected chi connectivity index (χ2v) is 5.73. The number of methoxy groups -OCH3 is 1. The van der Waals surface area contributed by atoms with Crippen LogP contribution in [-0.4, -0.2) is 12.3 Å². The van der Waals surface area contributed by atoms with Crippen LogP contribution in [0.15, 0.2) is 51.2 Å². The molecule has 2 rings (SSSR count). The lowest BCUT2D eigenvalue weighted by Gasteiger charge is -2.11. The lowest BCUT2D eigenvalue weighted by molar-refractivity contribution is -0.991. The van der Waals surface area contributed by atoms with Crippen molar-refractivity contribution < 1.29 is 19.6 Å². The summed E-state index contributed by atoms with van der Waals surface area (Å²) >= 11 is 0. The Morgan fingerprint density at radius 2 is 1.92 bits per heavy atom. The summed E-state index contributed by atoms with van der Waals surface area (Å²) in [5.74, 6) is 0.936. The van der Waals surface area contributed by atoms with Crippen LogP contribution in [0.5, 0.6) is 5.75 Å². The van der Waals surface area contributed by atoms with Crippen LogP contribution in [0, 0.1) is 12.1 Å². The van der Waals surface area contributed by atoms with E-state index in [1.54, 1.807) is 37.3 Å². The Labute approximate surface area is 145 Å². The number of rotatable bonds is 5. The number of ether oxygens (including phenoxy) is 1. The fourth-order valence-corrected chi connectivity index (χ4v) is 2.38. The maximum atomic E-state index is 11.9. The monoisotopic (exact) mass is 343 g/mol. The Morgan fingerprint density at radius 1 is 1.28 bits per heavy atom. The molecule has 0 radical (unpaired) electrons. The van der Waals surface area contributed by atoms with Crippen LogP contribution in [0.1, 0.15) is 30.7 Å². The van der Waals surface area contributed by atoms with Gasteiger partial charge in [0.25, 0.3) is 0 Å². The normalized spacial score (nSPS) is 13.7. The van der Waals surface area contributed by atoms with Crippen molar-refractivity contribution in [2.45, 2.75) is 20.8 Å². The molecule has 2 N–H and O–H groups in total. The van der Waals surface area contributed by atoms with E-state index in [1.807, 2.05) is 26.0 Å².